The minimum absolute atomic E-state index is 0.198. The molecule has 1 saturated heterocycles. The van der Waals surface area contributed by atoms with Crippen molar-refractivity contribution < 1.29 is 13.2 Å². The fourth-order valence-corrected chi connectivity index (χ4v) is 4.20. The lowest BCUT2D eigenvalue weighted by atomic mass is 10.2. The number of nitrogens with zero attached hydrogens (tertiary/aromatic N) is 3. The van der Waals surface area contributed by atoms with Crippen molar-refractivity contribution in [2.75, 3.05) is 38.3 Å². The van der Waals surface area contributed by atoms with Gasteiger partial charge in [-0.05, 0) is 23.8 Å². The molecule has 0 bridgehead atoms. The summed E-state index contributed by atoms with van der Waals surface area (Å²) >= 11 is 6.18. The number of pyridine rings is 1. The van der Waals surface area contributed by atoms with E-state index in [1.807, 2.05) is 36.2 Å². The van der Waals surface area contributed by atoms with Gasteiger partial charge in [-0.1, -0.05) is 29.8 Å². The van der Waals surface area contributed by atoms with Gasteiger partial charge in [0.25, 0.3) is 0 Å². The molecule has 1 aliphatic heterocycles. The lowest BCUT2D eigenvalue weighted by molar-refractivity contribution is 0.0730. The maximum absolute atomic E-state index is 12.6. The van der Waals surface area contributed by atoms with E-state index >= 15 is 0 Å². The number of hydrogen-bond acceptors (Lipinski definition) is 5. The number of sulfonamides is 1. The Bertz CT molecular complexity index is 821. The van der Waals surface area contributed by atoms with Crippen molar-refractivity contribution in [2.24, 2.45) is 0 Å². The van der Waals surface area contributed by atoms with Crippen LogP contribution >= 0.6 is 11.6 Å². The molecule has 0 radical (unpaired) electrons. The van der Waals surface area contributed by atoms with Crippen molar-refractivity contribution in [1.29, 1.82) is 0 Å². The summed E-state index contributed by atoms with van der Waals surface area (Å²) < 4.78 is 31.8. The summed E-state index contributed by atoms with van der Waals surface area (Å²) in [6.45, 7) is 2.17. The van der Waals surface area contributed by atoms with Crippen molar-refractivity contribution >= 4 is 27.4 Å². The van der Waals surface area contributed by atoms with Gasteiger partial charge in [0.2, 0.25) is 10.0 Å². The van der Waals surface area contributed by atoms with Crippen LogP contribution in [0, 0.1) is 0 Å². The van der Waals surface area contributed by atoms with Gasteiger partial charge in [-0.15, -0.1) is 0 Å². The Kier molecular flexibility index (Phi) is 5.58. The monoisotopic (exact) mass is 381 g/mol. The summed E-state index contributed by atoms with van der Waals surface area (Å²) in [5.74, 6) is 0.681. The maximum atomic E-state index is 12.6. The van der Waals surface area contributed by atoms with E-state index in [0.29, 0.717) is 43.7 Å². The molecular formula is C17H20ClN3O3S. The van der Waals surface area contributed by atoms with Gasteiger partial charge in [0.05, 0.1) is 13.2 Å². The standard InChI is InChI=1S/C17H20ClN3O3S/c1-20(13-14-4-2-3-5-16(14)18)17-7-6-15(12-19-17)25(22,23)21-8-10-24-11-9-21/h2-7,12H,8-11,13H2,1H3. The Balaban J connectivity index is 1.74. The quantitative estimate of drug-likeness (QED) is 0.795. The van der Waals surface area contributed by atoms with E-state index in [1.165, 1.54) is 10.5 Å². The van der Waals surface area contributed by atoms with Gasteiger partial charge >= 0.3 is 0 Å². The fraction of sp³-hybridized carbons (Fsp3) is 0.353. The highest BCUT2D eigenvalue weighted by atomic mass is 35.5. The van der Waals surface area contributed by atoms with Crippen LogP contribution in [0.1, 0.15) is 5.56 Å². The molecule has 3 rings (SSSR count). The number of halogens is 1. The first-order valence-corrected chi connectivity index (χ1v) is 9.79. The second kappa shape index (κ2) is 7.70. The number of ether oxygens (including phenoxy) is 1. The van der Waals surface area contributed by atoms with Gasteiger partial charge in [0, 0.05) is 37.9 Å². The highest BCUT2D eigenvalue weighted by Gasteiger charge is 2.26. The number of benzene rings is 1. The van der Waals surface area contributed by atoms with Crippen LogP contribution in [0.2, 0.25) is 5.02 Å². The molecule has 0 N–H and O–H groups in total. The van der Waals surface area contributed by atoms with Gasteiger partial charge in [-0.3, -0.25) is 0 Å². The Morgan fingerprint density at radius 2 is 1.92 bits per heavy atom. The predicted octanol–water partition coefficient (Wildman–Crippen LogP) is 2.39. The molecule has 0 aliphatic carbocycles. The van der Waals surface area contributed by atoms with Crippen LogP contribution in [0.15, 0.2) is 47.5 Å². The normalized spacial score (nSPS) is 15.9. The summed E-state index contributed by atoms with van der Waals surface area (Å²) in [7, 11) is -1.63. The number of anilines is 1. The molecule has 2 aromatic rings. The molecule has 0 unspecified atom stereocenters. The first-order chi connectivity index (χ1) is 12.0. The Hall–Kier alpha value is -1.67. The molecule has 1 aromatic heterocycles. The summed E-state index contributed by atoms with van der Waals surface area (Å²) in [6, 6.07) is 10.9. The molecule has 25 heavy (non-hydrogen) atoms. The third-order valence-electron chi connectivity index (χ3n) is 4.09. The summed E-state index contributed by atoms with van der Waals surface area (Å²) in [4.78, 5) is 6.43. The van der Waals surface area contributed by atoms with Crippen LogP contribution < -0.4 is 4.90 Å². The second-order valence-corrected chi connectivity index (χ2v) is 8.16. The number of hydrogen-bond donors (Lipinski definition) is 0. The first kappa shape index (κ1) is 18.1. The van der Waals surface area contributed by atoms with Crippen molar-refractivity contribution in [3.63, 3.8) is 0 Å². The molecule has 1 aromatic carbocycles. The van der Waals surface area contributed by atoms with Gasteiger partial charge in [-0.2, -0.15) is 4.31 Å². The van der Waals surface area contributed by atoms with Crippen LogP contribution in [-0.4, -0.2) is 51.1 Å². The van der Waals surface area contributed by atoms with E-state index in [-0.39, 0.29) is 4.90 Å². The van der Waals surface area contributed by atoms with Gasteiger partial charge in [0.1, 0.15) is 10.7 Å². The molecule has 1 fully saturated rings. The van der Waals surface area contributed by atoms with Crippen molar-refractivity contribution in [3.8, 4) is 0 Å². The summed E-state index contributed by atoms with van der Waals surface area (Å²) in [5, 5.41) is 0.695. The van der Waals surface area contributed by atoms with E-state index in [1.54, 1.807) is 12.1 Å². The zero-order chi connectivity index (χ0) is 17.9. The number of aromatic nitrogens is 1. The molecule has 8 heteroatoms. The molecule has 6 nitrogen and oxygen atoms in total. The zero-order valence-corrected chi connectivity index (χ0v) is 15.5. The van der Waals surface area contributed by atoms with Crippen molar-refractivity contribution in [1.82, 2.24) is 9.29 Å². The predicted molar refractivity (Wildman–Crippen MR) is 97.4 cm³/mol. The SMILES string of the molecule is CN(Cc1ccccc1Cl)c1ccc(S(=O)(=O)N2CCOCC2)cn1. The Morgan fingerprint density at radius 3 is 2.56 bits per heavy atom. The highest BCUT2D eigenvalue weighted by molar-refractivity contribution is 7.89. The number of morpholine rings is 1. The Labute approximate surface area is 153 Å². The molecule has 0 atom stereocenters. The summed E-state index contributed by atoms with van der Waals surface area (Å²) in [5.41, 5.74) is 0.985. The molecular weight excluding hydrogens is 362 g/mol. The van der Waals surface area contributed by atoms with Crippen LogP contribution in [0.4, 0.5) is 5.82 Å². The highest BCUT2D eigenvalue weighted by Crippen LogP contribution is 2.21. The third kappa shape index (κ3) is 4.12. The van der Waals surface area contributed by atoms with Crippen LogP contribution in [0.25, 0.3) is 0 Å². The van der Waals surface area contributed by atoms with E-state index in [4.69, 9.17) is 16.3 Å². The topological polar surface area (TPSA) is 62.7 Å². The maximum Gasteiger partial charge on any atom is 0.244 e. The lowest BCUT2D eigenvalue weighted by Crippen LogP contribution is -2.40. The molecule has 0 saturated carbocycles. The minimum Gasteiger partial charge on any atom is -0.379 e. The van der Waals surface area contributed by atoms with E-state index in [2.05, 4.69) is 4.98 Å². The van der Waals surface area contributed by atoms with Gasteiger partial charge < -0.3 is 9.64 Å². The van der Waals surface area contributed by atoms with Crippen molar-refractivity contribution in [3.05, 3.63) is 53.2 Å². The molecule has 0 amide bonds. The largest absolute Gasteiger partial charge is 0.379 e. The first-order valence-electron chi connectivity index (χ1n) is 7.97. The Morgan fingerprint density at radius 1 is 1.20 bits per heavy atom. The van der Waals surface area contributed by atoms with E-state index in [9.17, 15) is 8.42 Å². The molecule has 134 valence electrons. The second-order valence-electron chi connectivity index (χ2n) is 5.82. The van der Waals surface area contributed by atoms with E-state index in [0.717, 1.165) is 5.56 Å². The lowest BCUT2D eigenvalue weighted by Gasteiger charge is -2.26. The van der Waals surface area contributed by atoms with Crippen molar-refractivity contribution in [2.45, 2.75) is 11.4 Å². The van der Waals surface area contributed by atoms with E-state index < -0.39 is 10.0 Å². The van der Waals surface area contributed by atoms with Gasteiger partial charge in [-0.25, -0.2) is 13.4 Å². The molecule has 1 aliphatic rings. The third-order valence-corrected chi connectivity index (χ3v) is 6.34. The smallest absolute Gasteiger partial charge is 0.244 e. The van der Waals surface area contributed by atoms with Crippen LogP contribution in [0.3, 0.4) is 0 Å². The van der Waals surface area contributed by atoms with Crippen LogP contribution in [-0.2, 0) is 21.3 Å². The average Bonchev–Trinajstić information content (AvgIpc) is 2.64. The van der Waals surface area contributed by atoms with Crippen LogP contribution in [0.5, 0.6) is 0 Å². The zero-order valence-electron chi connectivity index (χ0n) is 13.9. The molecule has 0 spiro atoms. The summed E-state index contributed by atoms with van der Waals surface area (Å²) in [6.07, 6.45) is 1.41. The number of rotatable bonds is 5. The molecule has 2 heterocycles. The van der Waals surface area contributed by atoms with Gasteiger partial charge in [0.15, 0.2) is 0 Å². The minimum atomic E-state index is -3.52. The average molecular weight is 382 g/mol. The fourth-order valence-electron chi connectivity index (χ4n) is 2.65.